The van der Waals surface area contributed by atoms with Gasteiger partial charge >= 0.3 is 0 Å². The van der Waals surface area contributed by atoms with E-state index in [0.29, 0.717) is 6.42 Å². The third-order valence-corrected chi connectivity index (χ3v) is 12.1. The van der Waals surface area contributed by atoms with Gasteiger partial charge in [0.2, 0.25) is 5.91 Å². The highest BCUT2D eigenvalue weighted by molar-refractivity contribution is 5.76. The molecule has 0 aliphatic heterocycles. The summed E-state index contributed by atoms with van der Waals surface area (Å²) in [4.78, 5) is 12.5. The number of allylic oxidation sites excluding steroid dienone is 23. The van der Waals surface area contributed by atoms with Crippen LogP contribution in [0.25, 0.3) is 0 Å². The number of aliphatic hydroxyl groups is 2. The highest BCUT2D eigenvalue weighted by Crippen LogP contribution is 2.14. The summed E-state index contributed by atoms with van der Waals surface area (Å²) < 4.78 is 0. The number of hydrogen-bond donors (Lipinski definition) is 3. The minimum absolute atomic E-state index is 0.0938. The highest BCUT2D eigenvalue weighted by atomic mass is 16.3. The summed E-state index contributed by atoms with van der Waals surface area (Å²) in [7, 11) is 0. The van der Waals surface area contributed by atoms with Gasteiger partial charge in [-0.2, -0.15) is 0 Å². The number of nitrogens with one attached hydrogen (secondary N) is 1. The Morgan fingerprint density at radius 3 is 1.01 bits per heavy atom. The van der Waals surface area contributed by atoms with Crippen molar-refractivity contribution in [1.82, 2.24) is 5.32 Å². The molecule has 0 saturated carbocycles. The molecular formula is C65H107NO3. The topological polar surface area (TPSA) is 69.6 Å². The second-order valence-electron chi connectivity index (χ2n) is 18.6. The first kappa shape index (κ1) is 65.3. The van der Waals surface area contributed by atoms with Crippen LogP contribution >= 0.6 is 0 Å². The number of aliphatic hydroxyl groups excluding tert-OH is 2. The maximum atomic E-state index is 12.5. The lowest BCUT2D eigenvalue weighted by molar-refractivity contribution is -0.123. The van der Waals surface area contributed by atoms with Gasteiger partial charge < -0.3 is 15.5 Å². The van der Waals surface area contributed by atoms with Crippen molar-refractivity contribution in [3.05, 3.63) is 146 Å². The van der Waals surface area contributed by atoms with Crippen LogP contribution in [0.4, 0.5) is 0 Å². The molecule has 0 saturated heterocycles. The van der Waals surface area contributed by atoms with Gasteiger partial charge in [-0.15, -0.1) is 0 Å². The lowest BCUT2D eigenvalue weighted by Crippen LogP contribution is -2.45. The van der Waals surface area contributed by atoms with E-state index >= 15 is 0 Å². The maximum Gasteiger partial charge on any atom is 0.220 e. The zero-order valence-corrected chi connectivity index (χ0v) is 44.8. The molecule has 0 rings (SSSR count). The van der Waals surface area contributed by atoms with Crippen LogP contribution in [0, 0.1) is 0 Å². The van der Waals surface area contributed by atoms with Crippen molar-refractivity contribution in [3.63, 3.8) is 0 Å². The standard InChI is InChI=1S/C65H107NO3/c1-3-5-7-9-11-13-15-17-19-21-23-25-26-27-28-29-30-31-32-33-34-35-36-37-38-39-40-41-43-45-47-49-51-53-55-57-59-61-65(69)66-63(62-67)64(68)60-58-56-54-52-50-48-46-44-42-24-22-20-18-16-14-12-10-8-6-4-2/h5,7,11,13,17,19,23,25,27-28,30-31,33-34,36-37,39-40,43,45,50,52,58,60,63-64,67-68H,3-4,6,8-10,12,14-16,18,20-22,24,26,29,32,35,38,41-42,44,46-49,51,53-57,59,61-62H2,1-2H3,(H,66,69)/b7-5-,13-11-,19-17-,25-23-,28-27-,31-30-,34-33-,37-36-,40-39-,45-43-,52-50+,60-58+. The van der Waals surface area contributed by atoms with Crippen molar-refractivity contribution in [2.24, 2.45) is 0 Å². The first-order valence-corrected chi connectivity index (χ1v) is 28.5. The molecule has 1 amide bonds. The van der Waals surface area contributed by atoms with Crippen molar-refractivity contribution in [2.45, 2.75) is 251 Å². The Bertz CT molecular complexity index is 1450. The molecule has 0 aliphatic carbocycles. The summed E-state index contributed by atoms with van der Waals surface area (Å²) in [5, 5.41) is 23.1. The fraction of sp³-hybridized carbons (Fsp3) is 0.615. The lowest BCUT2D eigenvalue weighted by atomic mass is 10.0. The monoisotopic (exact) mass is 950 g/mol. The third-order valence-electron chi connectivity index (χ3n) is 12.1. The number of rotatable bonds is 50. The molecule has 0 aliphatic rings. The predicted octanol–water partition coefficient (Wildman–Crippen LogP) is 19.2. The van der Waals surface area contributed by atoms with Gasteiger partial charge in [-0.3, -0.25) is 4.79 Å². The van der Waals surface area contributed by atoms with E-state index < -0.39 is 12.1 Å². The van der Waals surface area contributed by atoms with Crippen molar-refractivity contribution >= 4 is 5.91 Å². The molecule has 0 heterocycles. The molecular weight excluding hydrogens is 843 g/mol. The molecule has 3 N–H and O–H groups in total. The largest absolute Gasteiger partial charge is 0.394 e. The van der Waals surface area contributed by atoms with Crippen LogP contribution in [-0.2, 0) is 4.79 Å². The van der Waals surface area contributed by atoms with E-state index in [0.717, 1.165) is 109 Å². The van der Waals surface area contributed by atoms with Crippen LogP contribution in [0.5, 0.6) is 0 Å². The Labute approximate surface area is 427 Å². The van der Waals surface area contributed by atoms with Gasteiger partial charge in [-0.25, -0.2) is 0 Å². The van der Waals surface area contributed by atoms with E-state index in [-0.39, 0.29) is 12.5 Å². The quantitative estimate of drug-likeness (QED) is 0.0420. The average Bonchev–Trinajstić information content (AvgIpc) is 3.35. The van der Waals surface area contributed by atoms with Gasteiger partial charge in [0, 0.05) is 6.42 Å². The lowest BCUT2D eigenvalue weighted by Gasteiger charge is -2.19. The molecule has 4 heteroatoms. The van der Waals surface area contributed by atoms with Crippen LogP contribution in [0.1, 0.15) is 239 Å². The van der Waals surface area contributed by atoms with E-state index in [2.05, 4.69) is 153 Å². The molecule has 2 atom stereocenters. The summed E-state index contributed by atoms with van der Waals surface area (Å²) in [6, 6.07) is -0.659. The normalized spacial score (nSPS) is 14.0. The molecule has 69 heavy (non-hydrogen) atoms. The molecule has 4 nitrogen and oxygen atoms in total. The minimum atomic E-state index is -0.880. The molecule has 0 bridgehead atoms. The smallest absolute Gasteiger partial charge is 0.220 e. The molecule has 390 valence electrons. The van der Waals surface area contributed by atoms with Crippen LogP contribution in [0.15, 0.2) is 146 Å². The summed E-state index contributed by atoms with van der Waals surface area (Å²) in [5.74, 6) is -0.0938. The van der Waals surface area contributed by atoms with Crippen LogP contribution in [-0.4, -0.2) is 34.9 Å². The van der Waals surface area contributed by atoms with Crippen molar-refractivity contribution in [3.8, 4) is 0 Å². The maximum absolute atomic E-state index is 12.5. The fourth-order valence-electron chi connectivity index (χ4n) is 7.75. The number of hydrogen-bond acceptors (Lipinski definition) is 3. The van der Waals surface area contributed by atoms with E-state index in [1.165, 1.54) is 109 Å². The van der Waals surface area contributed by atoms with E-state index in [1.807, 2.05) is 6.08 Å². The molecule has 0 radical (unpaired) electrons. The third kappa shape index (κ3) is 55.1. The Hall–Kier alpha value is -3.73. The summed E-state index contributed by atoms with van der Waals surface area (Å²) in [6.07, 6.45) is 92.8. The van der Waals surface area contributed by atoms with Gasteiger partial charge in [-0.1, -0.05) is 269 Å². The average molecular weight is 951 g/mol. The summed E-state index contributed by atoms with van der Waals surface area (Å²) in [6.45, 7) is 4.18. The second kappa shape index (κ2) is 58.6. The van der Waals surface area contributed by atoms with Crippen LogP contribution in [0.3, 0.4) is 0 Å². The fourth-order valence-corrected chi connectivity index (χ4v) is 7.75. The Morgan fingerprint density at radius 2 is 0.652 bits per heavy atom. The SMILES string of the molecule is CC/C=C\C/C=C\C/C=C\C/C=C\C/C=C\C/C=C\C/C=C\C/C=C\C/C=C\C/C=C\CCCCCCCCC(=O)NC(CO)C(O)/C=C/CC/C=C/CCCCCCCCCCCCCCCC. The predicted molar refractivity (Wildman–Crippen MR) is 308 cm³/mol. The van der Waals surface area contributed by atoms with Crippen molar-refractivity contribution in [2.75, 3.05) is 6.61 Å². The Morgan fingerprint density at radius 1 is 0.362 bits per heavy atom. The molecule has 0 aromatic carbocycles. The highest BCUT2D eigenvalue weighted by Gasteiger charge is 2.17. The Balaban J connectivity index is 3.69. The molecule has 0 spiro atoms. The van der Waals surface area contributed by atoms with Gasteiger partial charge in [0.05, 0.1) is 18.8 Å². The molecule has 2 unspecified atom stereocenters. The molecule has 0 aromatic heterocycles. The molecule has 0 fully saturated rings. The number of unbranched alkanes of at least 4 members (excludes halogenated alkanes) is 21. The summed E-state index contributed by atoms with van der Waals surface area (Å²) >= 11 is 0. The van der Waals surface area contributed by atoms with Gasteiger partial charge in [-0.05, 0) is 109 Å². The first-order valence-electron chi connectivity index (χ1n) is 28.5. The van der Waals surface area contributed by atoms with E-state index in [9.17, 15) is 15.0 Å². The number of carbonyl (C=O) groups is 1. The summed E-state index contributed by atoms with van der Waals surface area (Å²) in [5.41, 5.74) is 0. The van der Waals surface area contributed by atoms with Gasteiger partial charge in [0.15, 0.2) is 0 Å². The van der Waals surface area contributed by atoms with E-state index in [1.54, 1.807) is 6.08 Å². The zero-order valence-electron chi connectivity index (χ0n) is 44.8. The van der Waals surface area contributed by atoms with E-state index in [4.69, 9.17) is 0 Å². The zero-order chi connectivity index (χ0) is 49.9. The number of carbonyl (C=O) groups excluding carboxylic acids is 1. The Kier molecular flexibility index (Phi) is 55.4. The second-order valence-corrected chi connectivity index (χ2v) is 18.6. The van der Waals surface area contributed by atoms with Gasteiger partial charge in [0.1, 0.15) is 0 Å². The van der Waals surface area contributed by atoms with Crippen LogP contribution < -0.4 is 5.32 Å². The number of amides is 1. The van der Waals surface area contributed by atoms with Crippen LogP contribution in [0.2, 0.25) is 0 Å². The first-order chi connectivity index (χ1) is 34.2. The van der Waals surface area contributed by atoms with Crippen molar-refractivity contribution in [1.29, 1.82) is 0 Å². The van der Waals surface area contributed by atoms with Crippen molar-refractivity contribution < 1.29 is 15.0 Å². The van der Waals surface area contributed by atoms with Gasteiger partial charge in [0.25, 0.3) is 0 Å². The minimum Gasteiger partial charge on any atom is -0.394 e. The molecule has 0 aromatic rings.